The van der Waals surface area contributed by atoms with Crippen LogP contribution in [0.4, 0.5) is 18.9 Å². The van der Waals surface area contributed by atoms with Crippen molar-refractivity contribution in [2.45, 2.75) is 56.6 Å². The highest BCUT2D eigenvalue weighted by Gasteiger charge is 2.27. The van der Waals surface area contributed by atoms with E-state index < -0.39 is 11.9 Å². The van der Waals surface area contributed by atoms with Gasteiger partial charge in [-0.1, -0.05) is 38.8 Å². The number of halogens is 3. The van der Waals surface area contributed by atoms with Crippen LogP contribution in [-0.4, -0.2) is 18.0 Å². The zero-order chi connectivity index (χ0) is 15.0. The van der Waals surface area contributed by atoms with Gasteiger partial charge in [0.2, 0.25) is 0 Å². The van der Waals surface area contributed by atoms with Gasteiger partial charge in [-0.15, -0.1) is 11.8 Å². The molecule has 0 aromatic heterocycles. The van der Waals surface area contributed by atoms with E-state index in [4.69, 9.17) is 0 Å². The topological polar surface area (TPSA) is 12.0 Å². The molecule has 114 valence electrons. The number of benzene rings is 1. The minimum atomic E-state index is -4.13. The summed E-state index contributed by atoms with van der Waals surface area (Å²) in [5.74, 6) is -0.849. The van der Waals surface area contributed by atoms with Crippen molar-refractivity contribution in [3.8, 4) is 0 Å². The molecule has 0 amide bonds. The molecule has 0 aliphatic rings. The first kappa shape index (κ1) is 17.2. The highest BCUT2D eigenvalue weighted by atomic mass is 32.2. The Balaban J connectivity index is 2.73. The van der Waals surface area contributed by atoms with Gasteiger partial charge in [-0.3, -0.25) is 0 Å². The maximum atomic E-state index is 12.3. The number of para-hydroxylation sites is 1. The van der Waals surface area contributed by atoms with Gasteiger partial charge in [0.15, 0.2) is 0 Å². The smallest absolute Gasteiger partial charge is 0.381 e. The van der Waals surface area contributed by atoms with E-state index in [2.05, 4.69) is 19.2 Å². The highest BCUT2D eigenvalue weighted by molar-refractivity contribution is 7.99. The second-order valence-corrected chi connectivity index (χ2v) is 5.84. The van der Waals surface area contributed by atoms with Gasteiger partial charge in [-0.05, 0) is 25.0 Å². The van der Waals surface area contributed by atoms with E-state index in [0.717, 1.165) is 43.1 Å². The van der Waals surface area contributed by atoms with Crippen LogP contribution in [0, 0.1) is 0 Å². The molecule has 0 saturated heterocycles. The highest BCUT2D eigenvalue weighted by Crippen LogP contribution is 2.32. The summed E-state index contributed by atoms with van der Waals surface area (Å²) in [5, 5.41) is 3.40. The molecule has 1 rings (SSSR count). The van der Waals surface area contributed by atoms with Crippen LogP contribution >= 0.6 is 11.8 Å². The van der Waals surface area contributed by atoms with Crippen molar-refractivity contribution in [1.29, 1.82) is 0 Å². The molecule has 0 spiro atoms. The van der Waals surface area contributed by atoms with Crippen molar-refractivity contribution >= 4 is 17.4 Å². The Bertz CT molecular complexity index is 387. The fraction of sp³-hybridized carbons (Fsp3) is 0.600. The minimum absolute atomic E-state index is 0.331. The van der Waals surface area contributed by atoms with E-state index in [-0.39, 0.29) is 0 Å². The molecular formula is C15H22F3NS. The summed E-state index contributed by atoms with van der Waals surface area (Å²) in [6.07, 6.45) is 0.0628. The number of thioether (sulfide) groups is 1. The van der Waals surface area contributed by atoms with Gasteiger partial charge < -0.3 is 5.32 Å². The lowest BCUT2D eigenvalue weighted by atomic mass is 10.1. The standard InChI is InChI=1S/C15H22F3NS/c1-3-7-12(8-4-2)19-13-9-5-6-10-14(13)20-11-15(16,17)18/h5-6,9-10,12,19H,3-4,7-8,11H2,1-2H3. The lowest BCUT2D eigenvalue weighted by molar-refractivity contribution is -0.105. The SMILES string of the molecule is CCCC(CCC)Nc1ccccc1SCC(F)(F)F. The second kappa shape index (κ2) is 8.45. The summed E-state index contributed by atoms with van der Waals surface area (Å²) in [5.41, 5.74) is 0.814. The van der Waals surface area contributed by atoms with Crippen molar-refractivity contribution in [1.82, 2.24) is 0 Å². The predicted octanol–water partition coefficient (Wildman–Crippen LogP) is 5.72. The fourth-order valence-corrected chi connectivity index (χ4v) is 2.85. The lowest BCUT2D eigenvalue weighted by Crippen LogP contribution is -2.19. The van der Waals surface area contributed by atoms with Gasteiger partial charge in [0.05, 0.1) is 5.75 Å². The Kier molecular flexibility index (Phi) is 7.27. The molecule has 1 aromatic carbocycles. The number of alkyl halides is 3. The molecule has 0 saturated carbocycles. The Morgan fingerprint density at radius 1 is 1.10 bits per heavy atom. The van der Waals surface area contributed by atoms with Gasteiger partial charge in [-0.2, -0.15) is 13.2 Å². The third-order valence-electron chi connectivity index (χ3n) is 2.91. The number of anilines is 1. The second-order valence-electron chi connectivity index (χ2n) is 4.82. The zero-order valence-corrected chi connectivity index (χ0v) is 12.8. The third-order valence-corrected chi connectivity index (χ3v) is 4.05. The first-order valence-electron chi connectivity index (χ1n) is 7.01. The maximum Gasteiger partial charge on any atom is 0.398 e. The summed E-state index contributed by atoms with van der Waals surface area (Å²) in [7, 11) is 0. The van der Waals surface area contributed by atoms with Crippen molar-refractivity contribution in [3.05, 3.63) is 24.3 Å². The number of rotatable bonds is 8. The summed E-state index contributed by atoms with van der Waals surface area (Å²) in [6.45, 7) is 4.24. The van der Waals surface area contributed by atoms with Gasteiger partial charge in [0.25, 0.3) is 0 Å². The van der Waals surface area contributed by atoms with Crippen molar-refractivity contribution in [2.75, 3.05) is 11.1 Å². The number of hydrogen-bond acceptors (Lipinski definition) is 2. The van der Waals surface area contributed by atoms with Crippen LogP contribution in [-0.2, 0) is 0 Å². The van der Waals surface area contributed by atoms with E-state index in [9.17, 15) is 13.2 Å². The lowest BCUT2D eigenvalue weighted by Gasteiger charge is -2.21. The normalized spacial score (nSPS) is 11.9. The van der Waals surface area contributed by atoms with Crippen LogP contribution in [0.15, 0.2) is 29.2 Å². The van der Waals surface area contributed by atoms with Crippen molar-refractivity contribution in [3.63, 3.8) is 0 Å². The summed E-state index contributed by atoms with van der Waals surface area (Å²) < 4.78 is 37.0. The fourth-order valence-electron chi connectivity index (χ4n) is 2.08. The quantitative estimate of drug-likeness (QED) is 0.616. The van der Waals surface area contributed by atoms with Crippen molar-refractivity contribution in [2.24, 2.45) is 0 Å². The van der Waals surface area contributed by atoms with Crippen LogP contribution in [0.2, 0.25) is 0 Å². The molecule has 1 N–H and O–H groups in total. The molecule has 0 heterocycles. The van der Waals surface area contributed by atoms with Gasteiger partial charge in [0.1, 0.15) is 0 Å². The van der Waals surface area contributed by atoms with E-state index in [0.29, 0.717) is 10.9 Å². The number of nitrogens with one attached hydrogen (secondary N) is 1. The summed E-state index contributed by atoms with van der Waals surface area (Å²) in [4.78, 5) is 0.669. The Morgan fingerprint density at radius 2 is 1.70 bits per heavy atom. The first-order chi connectivity index (χ1) is 9.46. The van der Waals surface area contributed by atoms with E-state index in [1.54, 1.807) is 12.1 Å². The molecule has 1 aromatic rings. The predicted molar refractivity (Wildman–Crippen MR) is 80.4 cm³/mol. The Hall–Kier alpha value is -0.840. The molecule has 0 unspecified atom stereocenters. The average Bonchev–Trinajstić information content (AvgIpc) is 2.37. The summed E-state index contributed by atoms with van der Waals surface area (Å²) in [6, 6.07) is 7.57. The largest absolute Gasteiger partial charge is 0.398 e. The first-order valence-corrected chi connectivity index (χ1v) is 8.00. The van der Waals surface area contributed by atoms with Gasteiger partial charge in [-0.25, -0.2) is 0 Å². The molecule has 0 aliphatic carbocycles. The van der Waals surface area contributed by atoms with Crippen LogP contribution in [0.3, 0.4) is 0 Å². The van der Waals surface area contributed by atoms with E-state index >= 15 is 0 Å². The van der Waals surface area contributed by atoms with Crippen molar-refractivity contribution < 1.29 is 13.2 Å². The van der Waals surface area contributed by atoms with Crippen LogP contribution < -0.4 is 5.32 Å². The van der Waals surface area contributed by atoms with E-state index in [1.165, 1.54) is 0 Å². The summed E-state index contributed by atoms with van der Waals surface area (Å²) >= 11 is 0.845. The van der Waals surface area contributed by atoms with E-state index in [1.807, 2.05) is 12.1 Å². The molecule has 20 heavy (non-hydrogen) atoms. The monoisotopic (exact) mass is 305 g/mol. The van der Waals surface area contributed by atoms with Crippen LogP contribution in [0.5, 0.6) is 0 Å². The molecule has 0 bridgehead atoms. The molecule has 0 atom stereocenters. The number of hydrogen-bond donors (Lipinski definition) is 1. The van der Waals surface area contributed by atoms with Gasteiger partial charge >= 0.3 is 6.18 Å². The van der Waals surface area contributed by atoms with Crippen LogP contribution in [0.25, 0.3) is 0 Å². The molecule has 5 heteroatoms. The minimum Gasteiger partial charge on any atom is -0.381 e. The molecule has 0 fully saturated rings. The average molecular weight is 305 g/mol. The Labute approximate surface area is 123 Å². The molecule has 0 aliphatic heterocycles. The zero-order valence-electron chi connectivity index (χ0n) is 12.0. The molecule has 1 nitrogen and oxygen atoms in total. The Morgan fingerprint density at radius 3 is 2.25 bits per heavy atom. The van der Waals surface area contributed by atoms with Crippen LogP contribution in [0.1, 0.15) is 39.5 Å². The van der Waals surface area contributed by atoms with Gasteiger partial charge in [0, 0.05) is 16.6 Å². The molecular weight excluding hydrogens is 283 g/mol. The maximum absolute atomic E-state index is 12.3. The molecule has 0 radical (unpaired) electrons. The third kappa shape index (κ3) is 6.55.